The van der Waals surface area contributed by atoms with Gasteiger partial charge < -0.3 is 0 Å². The lowest BCUT2D eigenvalue weighted by molar-refractivity contribution is 0.661. The Balaban J connectivity index is 1.36. The molecule has 3 heterocycles. The van der Waals surface area contributed by atoms with Gasteiger partial charge in [-0.05, 0) is 49.9 Å². The summed E-state index contributed by atoms with van der Waals surface area (Å²) in [6, 6.07) is 64.4. The van der Waals surface area contributed by atoms with Crippen LogP contribution in [0, 0.1) is 0 Å². The van der Waals surface area contributed by atoms with Crippen LogP contribution >= 0.6 is 0 Å². The molecule has 250 valence electrons. The molecule has 1 aliphatic heterocycles. The maximum Gasteiger partial charge on any atom is 0.187 e. The van der Waals surface area contributed by atoms with E-state index >= 15 is 0 Å². The van der Waals surface area contributed by atoms with Crippen molar-refractivity contribution in [1.82, 2.24) is 14.5 Å². The summed E-state index contributed by atoms with van der Waals surface area (Å²) >= 11 is 0. The number of hydrogen-bond acceptors (Lipinski definition) is 2. The molecule has 0 amide bonds. The molecule has 0 saturated heterocycles. The third kappa shape index (κ3) is 3.99. The Morgan fingerprint density at radius 3 is 1.85 bits per heavy atom. The summed E-state index contributed by atoms with van der Waals surface area (Å²) < 4.78 is 2.48. The zero-order chi connectivity index (χ0) is 35.3. The average Bonchev–Trinajstić information content (AvgIpc) is 3.80. The van der Waals surface area contributed by atoms with Gasteiger partial charge in [0.15, 0.2) is 13.9 Å². The van der Waals surface area contributed by atoms with Crippen molar-refractivity contribution in [2.75, 3.05) is 0 Å². The molecule has 0 bridgehead atoms. The first kappa shape index (κ1) is 30.3. The van der Waals surface area contributed by atoms with Crippen LogP contribution < -0.4 is 20.7 Å². The van der Waals surface area contributed by atoms with E-state index < -0.39 is 8.07 Å². The predicted molar refractivity (Wildman–Crippen MR) is 222 cm³/mol. The van der Waals surface area contributed by atoms with E-state index in [1.807, 2.05) is 0 Å². The molecule has 0 atom stereocenters. The van der Waals surface area contributed by atoms with Crippen LogP contribution in [0.2, 0.25) is 0 Å². The molecule has 53 heavy (non-hydrogen) atoms. The number of hydrogen-bond donors (Lipinski definition) is 0. The molecular weight excluding hydrogens is 659 g/mol. The molecular formula is C49H35N3Si. The molecule has 0 saturated carbocycles. The molecule has 4 heteroatoms. The summed E-state index contributed by atoms with van der Waals surface area (Å²) in [4.78, 5) is 11.3. The molecule has 0 N–H and O–H groups in total. The quantitative estimate of drug-likeness (QED) is 0.173. The molecule has 3 nitrogen and oxygen atoms in total. The zero-order valence-corrected chi connectivity index (χ0v) is 30.6. The van der Waals surface area contributed by atoms with Crippen LogP contribution in [0.3, 0.4) is 0 Å². The van der Waals surface area contributed by atoms with Crippen molar-refractivity contribution < 1.29 is 0 Å². The van der Waals surface area contributed by atoms with E-state index in [0.717, 1.165) is 33.9 Å². The summed E-state index contributed by atoms with van der Waals surface area (Å²) in [6.45, 7) is 4.73. The Morgan fingerprint density at radius 1 is 0.509 bits per heavy atom. The fourth-order valence-corrected chi connectivity index (χ4v) is 14.8. The fourth-order valence-electron chi connectivity index (χ4n) is 9.64. The molecule has 0 spiro atoms. The van der Waals surface area contributed by atoms with Gasteiger partial charge in [-0.15, -0.1) is 0 Å². The monoisotopic (exact) mass is 693 g/mol. The highest BCUT2D eigenvalue weighted by molar-refractivity contribution is 7.22. The lowest BCUT2D eigenvalue weighted by Gasteiger charge is -2.32. The van der Waals surface area contributed by atoms with Crippen molar-refractivity contribution in [3.05, 3.63) is 187 Å². The first-order chi connectivity index (χ1) is 26.1. The summed E-state index contributed by atoms with van der Waals surface area (Å²) in [6.07, 6.45) is 0. The minimum Gasteiger partial charge on any atom is -0.294 e. The summed E-state index contributed by atoms with van der Waals surface area (Å²) in [5, 5.41) is 7.76. The van der Waals surface area contributed by atoms with Gasteiger partial charge in [0.1, 0.15) is 5.82 Å². The summed E-state index contributed by atoms with van der Waals surface area (Å²) in [5.74, 6) is 1.69. The maximum absolute atomic E-state index is 5.74. The Bertz CT molecular complexity index is 2870. The summed E-state index contributed by atoms with van der Waals surface area (Å²) in [7, 11) is -2.97. The average molecular weight is 694 g/mol. The van der Waals surface area contributed by atoms with Gasteiger partial charge in [0.05, 0.1) is 16.7 Å². The van der Waals surface area contributed by atoms with Gasteiger partial charge in [0.25, 0.3) is 0 Å². The SMILES string of the molecule is CC1(C)c2ccccc2-c2c1ccc1c2c2ccccc2n1-c1nc(-c2ccccc2)nc2c1[Si](c1ccccc1)(c1ccccc1)c1ccccc1-2. The molecule has 0 radical (unpaired) electrons. The molecule has 0 fully saturated rings. The van der Waals surface area contributed by atoms with E-state index in [-0.39, 0.29) is 5.41 Å². The number of para-hydroxylation sites is 1. The van der Waals surface area contributed by atoms with Gasteiger partial charge in [-0.2, -0.15) is 0 Å². The van der Waals surface area contributed by atoms with Gasteiger partial charge >= 0.3 is 0 Å². The van der Waals surface area contributed by atoms with Crippen molar-refractivity contribution in [2.45, 2.75) is 19.3 Å². The largest absolute Gasteiger partial charge is 0.294 e. The van der Waals surface area contributed by atoms with Gasteiger partial charge in [-0.25, -0.2) is 9.97 Å². The zero-order valence-electron chi connectivity index (χ0n) is 29.6. The molecule has 0 unspecified atom stereocenters. The van der Waals surface area contributed by atoms with Crippen LogP contribution in [0.15, 0.2) is 176 Å². The van der Waals surface area contributed by atoms with Crippen molar-refractivity contribution in [1.29, 1.82) is 0 Å². The number of nitrogens with zero attached hydrogens (tertiary/aromatic N) is 3. The minimum atomic E-state index is -2.97. The third-order valence-corrected chi connectivity index (χ3v) is 16.7. The topological polar surface area (TPSA) is 30.7 Å². The number of aromatic nitrogens is 3. The molecule has 7 aromatic carbocycles. The highest BCUT2D eigenvalue weighted by Crippen LogP contribution is 2.53. The smallest absolute Gasteiger partial charge is 0.187 e. The summed E-state index contributed by atoms with van der Waals surface area (Å²) in [5.41, 5.74) is 10.8. The van der Waals surface area contributed by atoms with Gasteiger partial charge in [-0.3, -0.25) is 4.57 Å². The van der Waals surface area contributed by atoms with Crippen LogP contribution in [0.25, 0.3) is 61.4 Å². The van der Waals surface area contributed by atoms with Gasteiger partial charge in [-0.1, -0.05) is 178 Å². The highest BCUT2D eigenvalue weighted by atomic mass is 28.3. The van der Waals surface area contributed by atoms with Gasteiger partial charge in [0, 0.05) is 32.5 Å². The molecule has 1 aliphatic carbocycles. The maximum atomic E-state index is 5.74. The van der Waals surface area contributed by atoms with E-state index in [0.29, 0.717) is 0 Å². The third-order valence-electron chi connectivity index (χ3n) is 11.9. The van der Waals surface area contributed by atoms with Crippen molar-refractivity contribution in [2.24, 2.45) is 0 Å². The Kier molecular flexibility index (Phi) is 6.32. The van der Waals surface area contributed by atoms with E-state index in [9.17, 15) is 0 Å². The van der Waals surface area contributed by atoms with Gasteiger partial charge in [0.2, 0.25) is 0 Å². The number of benzene rings is 7. The standard InChI is InChI=1S/C49H35N3Si/c1-49(2)38-27-15-12-24-35(38)43-39(49)30-31-41-44(43)36-25-13-16-28-40(36)52(41)48-46-45(50-47(51-48)32-18-6-3-7-19-32)37-26-14-17-29-42(37)53(46,33-20-8-4-9-21-33)34-22-10-5-11-23-34/h3-31H,1-2H3. The van der Waals surface area contributed by atoms with E-state index in [1.54, 1.807) is 0 Å². The lowest BCUT2D eigenvalue weighted by atomic mass is 9.82. The minimum absolute atomic E-state index is 0.107. The normalized spacial score (nSPS) is 14.5. The molecule has 2 aliphatic rings. The number of rotatable bonds is 4. The molecule has 9 aromatic rings. The number of fused-ring (bicyclic) bond motifs is 10. The van der Waals surface area contributed by atoms with Crippen molar-refractivity contribution in [3.63, 3.8) is 0 Å². The van der Waals surface area contributed by atoms with Crippen LogP contribution in [0.5, 0.6) is 0 Å². The molecule has 2 aromatic heterocycles. The first-order valence-corrected chi connectivity index (χ1v) is 20.4. The lowest BCUT2D eigenvalue weighted by Crippen LogP contribution is -2.73. The second-order valence-corrected chi connectivity index (χ2v) is 18.6. The van der Waals surface area contributed by atoms with Crippen LogP contribution in [0.4, 0.5) is 0 Å². The Hall–Kier alpha value is -6.36. The Morgan fingerprint density at radius 2 is 1.11 bits per heavy atom. The Labute approximate surface area is 309 Å². The second kappa shape index (κ2) is 11.1. The van der Waals surface area contributed by atoms with E-state index in [1.165, 1.54) is 59.3 Å². The molecule has 11 rings (SSSR count). The van der Waals surface area contributed by atoms with Crippen LogP contribution in [0.1, 0.15) is 25.0 Å². The first-order valence-electron chi connectivity index (χ1n) is 18.4. The van der Waals surface area contributed by atoms with Crippen LogP contribution in [-0.4, -0.2) is 22.6 Å². The predicted octanol–water partition coefficient (Wildman–Crippen LogP) is 8.90. The highest BCUT2D eigenvalue weighted by Gasteiger charge is 2.52. The van der Waals surface area contributed by atoms with Crippen molar-refractivity contribution in [3.8, 4) is 39.6 Å². The fraction of sp³-hybridized carbons (Fsp3) is 0.0612. The van der Waals surface area contributed by atoms with Crippen LogP contribution in [-0.2, 0) is 5.41 Å². The van der Waals surface area contributed by atoms with E-state index in [4.69, 9.17) is 9.97 Å². The van der Waals surface area contributed by atoms with E-state index in [2.05, 4.69) is 194 Å². The van der Waals surface area contributed by atoms with Crippen molar-refractivity contribution >= 4 is 50.6 Å². The second-order valence-electron chi connectivity index (χ2n) is 14.9.